The first-order chi connectivity index (χ1) is 6.36. The van der Waals surface area contributed by atoms with Crippen LogP contribution in [0.3, 0.4) is 0 Å². The first kappa shape index (κ1) is 9.40. The molecule has 1 fully saturated rings. The second-order valence-electron chi connectivity index (χ2n) is 3.12. The molecule has 0 spiro atoms. The van der Waals surface area contributed by atoms with Crippen molar-refractivity contribution in [3.8, 4) is 0 Å². The molecule has 3 nitrogen and oxygen atoms in total. The summed E-state index contributed by atoms with van der Waals surface area (Å²) in [5.74, 6) is 0. The summed E-state index contributed by atoms with van der Waals surface area (Å²) in [7, 11) is 0. The predicted molar refractivity (Wildman–Crippen MR) is 55.3 cm³/mol. The van der Waals surface area contributed by atoms with Crippen molar-refractivity contribution in [3.63, 3.8) is 0 Å². The third-order valence-corrected chi connectivity index (χ3v) is 3.39. The van der Waals surface area contributed by atoms with E-state index in [-0.39, 0.29) is 0 Å². The van der Waals surface area contributed by atoms with Gasteiger partial charge in [0.1, 0.15) is 0 Å². The quantitative estimate of drug-likeness (QED) is 0.807. The Morgan fingerprint density at radius 1 is 1.54 bits per heavy atom. The number of piperazine rings is 1. The largest absolute Gasteiger partial charge is 0.314 e. The summed E-state index contributed by atoms with van der Waals surface area (Å²) >= 11 is 7.46. The van der Waals surface area contributed by atoms with Gasteiger partial charge in [-0.15, -0.1) is 0 Å². The van der Waals surface area contributed by atoms with E-state index in [0.29, 0.717) is 0 Å². The highest BCUT2D eigenvalue weighted by atomic mass is 35.5. The summed E-state index contributed by atoms with van der Waals surface area (Å²) in [5, 5.41) is 4.13. The van der Waals surface area contributed by atoms with Crippen LogP contribution in [0.4, 0.5) is 0 Å². The minimum atomic E-state index is 0.809. The maximum atomic E-state index is 5.96. The van der Waals surface area contributed by atoms with Crippen molar-refractivity contribution in [2.75, 3.05) is 26.2 Å². The lowest BCUT2D eigenvalue weighted by molar-refractivity contribution is 0.235. The summed E-state index contributed by atoms with van der Waals surface area (Å²) in [6.07, 6.45) is 1.73. The molecule has 1 aromatic heterocycles. The number of hydrogen-bond donors (Lipinski definition) is 1. The second-order valence-corrected chi connectivity index (χ2v) is 4.42. The van der Waals surface area contributed by atoms with E-state index in [0.717, 1.165) is 37.7 Å². The van der Waals surface area contributed by atoms with Crippen LogP contribution in [-0.4, -0.2) is 35.5 Å². The van der Waals surface area contributed by atoms with Crippen LogP contribution >= 0.6 is 23.1 Å². The van der Waals surface area contributed by atoms with Gasteiger partial charge < -0.3 is 5.32 Å². The van der Waals surface area contributed by atoms with E-state index < -0.39 is 0 Å². The van der Waals surface area contributed by atoms with Crippen molar-refractivity contribution in [3.05, 3.63) is 16.1 Å². The molecule has 0 atom stereocenters. The Bertz CT molecular complexity index is 270. The van der Waals surface area contributed by atoms with Gasteiger partial charge in [-0.25, -0.2) is 0 Å². The molecule has 0 aliphatic carbocycles. The van der Waals surface area contributed by atoms with Gasteiger partial charge in [0, 0.05) is 32.7 Å². The van der Waals surface area contributed by atoms with Crippen LogP contribution in [0.25, 0.3) is 0 Å². The zero-order valence-corrected chi connectivity index (χ0v) is 8.87. The van der Waals surface area contributed by atoms with Crippen LogP contribution < -0.4 is 5.32 Å². The van der Waals surface area contributed by atoms with Crippen molar-refractivity contribution >= 4 is 23.1 Å². The molecule has 13 heavy (non-hydrogen) atoms. The zero-order chi connectivity index (χ0) is 9.10. The highest BCUT2D eigenvalue weighted by Gasteiger charge is 2.12. The highest BCUT2D eigenvalue weighted by Crippen LogP contribution is 2.20. The van der Waals surface area contributed by atoms with Crippen LogP contribution in [-0.2, 0) is 6.54 Å². The summed E-state index contributed by atoms with van der Waals surface area (Å²) < 4.78 is 4.05. The SMILES string of the molecule is Clc1cnsc1CN1CCNCC1. The molecule has 2 heterocycles. The van der Waals surface area contributed by atoms with Crippen molar-refractivity contribution in [2.24, 2.45) is 0 Å². The molecule has 0 radical (unpaired) electrons. The molecule has 1 aromatic rings. The zero-order valence-electron chi connectivity index (χ0n) is 7.29. The minimum Gasteiger partial charge on any atom is -0.314 e. The fourth-order valence-electron chi connectivity index (χ4n) is 1.43. The minimum absolute atomic E-state index is 0.809. The van der Waals surface area contributed by atoms with E-state index in [4.69, 9.17) is 11.6 Å². The van der Waals surface area contributed by atoms with Crippen molar-refractivity contribution < 1.29 is 0 Å². The van der Waals surface area contributed by atoms with Gasteiger partial charge in [-0.05, 0) is 11.5 Å². The predicted octanol–water partition coefficient (Wildman–Crippen LogP) is 1.20. The molecule has 0 aromatic carbocycles. The maximum Gasteiger partial charge on any atom is 0.0759 e. The molecule has 5 heteroatoms. The number of hydrogen-bond acceptors (Lipinski definition) is 4. The second kappa shape index (κ2) is 4.37. The summed E-state index contributed by atoms with van der Waals surface area (Å²) in [6.45, 7) is 5.32. The van der Waals surface area contributed by atoms with Gasteiger partial charge >= 0.3 is 0 Å². The third-order valence-electron chi connectivity index (χ3n) is 2.17. The van der Waals surface area contributed by atoms with Gasteiger partial charge in [-0.3, -0.25) is 4.90 Å². The van der Waals surface area contributed by atoms with Crippen molar-refractivity contribution in [1.29, 1.82) is 0 Å². The molecule has 1 aliphatic heterocycles. The van der Waals surface area contributed by atoms with E-state index >= 15 is 0 Å². The Hall–Kier alpha value is -0.160. The Morgan fingerprint density at radius 3 is 2.92 bits per heavy atom. The molecule has 0 bridgehead atoms. The van der Waals surface area contributed by atoms with Crippen LogP contribution in [0.5, 0.6) is 0 Å². The molecule has 2 rings (SSSR count). The van der Waals surface area contributed by atoms with Crippen molar-refractivity contribution in [2.45, 2.75) is 6.54 Å². The van der Waals surface area contributed by atoms with Crippen LogP contribution in [0.2, 0.25) is 5.02 Å². The van der Waals surface area contributed by atoms with E-state index in [1.165, 1.54) is 16.4 Å². The van der Waals surface area contributed by atoms with Gasteiger partial charge in [0.25, 0.3) is 0 Å². The number of nitrogens with zero attached hydrogens (tertiary/aromatic N) is 2. The molecule has 0 amide bonds. The lowest BCUT2D eigenvalue weighted by Gasteiger charge is -2.26. The first-order valence-corrected chi connectivity index (χ1v) is 5.53. The van der Waals surface area contributed by atoms with Gasteiger partial charge in [0.15, 0.2) is 0 Å². The Kier molecular flexibility index (Phi) is 3.16. The lowest BCUT2D eigenvalue weighted by atomic mass is 10.3. The molecule has 1 N–H and O–H groups in total. The number of nitrogens with one attached hydrogen (secondary N) is 1. The maximum absolute atomic E-state index is 5.96. The van der Waals surface area contributed by atoms with Crippen LogP contribution in [0.1, 0.15) is 4.88 Å². The van der Waals surface area contributed by atoms with Crippen molar-refractivity contribution in [1.82, 2.24) is 14.6 Å². The summed E-state index contributed by atoms with van der Waals surface area (Å²) in [6, 6.07) is 0. The average Bonchev–Trinajstić information content (AvgIpc) is 2.54. The molecule has 0 saturated carbocycles. The lowest BCUT2D eigenvalue weighted by Crippen LogP contribution is -2.42. The van der Waals surface area contributed by atoms with E-state index in [1.807, 2.05) is 0 Å². The topological polar surface area (TPSA) is 28.2 Å². The number of halogens is 1. The summed E-state index contributed by atoms with van der Waals surface area (Å²) in [5.41, 5.74) is 0. The first-order valence-electron chi connectivity index (χ1n) is 4.38. The Morgan fingerprint density at radius 2 is 2.31 bits per heavy atom. The van der Waals surface area contributed by atoms with E-state index in [1.54, 1.807) is 6.20 Å². The smallest absolute Gasteiger partial charge is 0.0759 e. The van der Waals surface area contributed by atoms with Gasteiger partial charge in [0.05, 0.1) is 16.1 Å². The Balaban J connectivity index is 1.93. The fourth-order valence-corrected chi connectivity index (χ4v) is 2.36. The normalized spacial score (nSPS) is 19.2. The molecular formula is C8H12ClN3S. The van der Waals surface area contributed by atoms with Gasteiger partial charge in [-0.1, -0.05) is 11.6 Å². The Labute approximate surface area is 86.9 Å². The fraction of sp³-hybridized carbons (Fsp3) is 0.625. The average molecular weight is 218 g/mol. The molecule has 1 saturated heterocycles. The van der Waals surface area contributed by atoms with E-state index in [2.05, 4.69) is 14.6 Å². The standard InChI is InChI=1S/C8H12ClN3S/c9-7-5-11-13-8(7)6-12-3-1-10-2-4-12/h5,10H,1-4,6H2. The van der Waals surface area contributed by atoms with Crippen LogP contribution in [0, 0.1) is 0 Å². The summed E-state index contributed by atoms with van der Waals surface area (Å²) in [4.78, 5) is 3.58. The van der Waals surface area contributed by atoms with E-state index in [9.17, 15) is 0 Å². The monoisotopic (exact) mass is 217 g/mol. The molecule has 0 unspecified atom stereocenters. The third kappa shape index (κ3) is 2.40. The number of aromatic nitrogens is 1. The van der Waals surface area contributed by atoms with Gasteiger partial charge in [-0.2, -0.15) is 4.37 Å². The highest BCUT2D eigenvalue weighted by molar-refractivity contribution is 7.06. The van der Waals surface area contributed by atoms with Crippen LogP contribution in [0.15, 0.2) is 6.20 Å². The number of rotatable bonds is 2. The molecule has 72 valence electrons. The van der Waals surface area contributed by atoms with Gasteiger partial charge in [0.2, 0.25) is 0 Å². The molecule has 1 aliphatic rings. The molecular weight excluding hydrogens is 206 g/mol.